The highest BCUT2D eigenvalue weighted by atomic mass is 16.2. The van der Waals surface area contributed by atoms with Crippen molar-refractivity contribution in [2.24, 2.45) is 0 Å². The largest absolute Gasteiger partial charge is 0.371 e. The van der Waals surface area contributed by atoms with Crippen molar-refractivity contribution in [2.45, 2.75) is 57.7 Å². The SMILES string of the molecule is CCc1cc2ncc(CN3CCN(c4ccc(C(=O)NC5CCN(c6cccc7c6C(=O)N([C@H]6CCC(=O)NC6=O)C7=O)CC5)nc4)CC3)cc2[nH]c1=O. The number of nitrogens with zero attached hydrogens (tertiary/aromatic N) is 6. The molecular weight excluding hydrogens is 690 g/mol. The maximum absolute atomic E-state index is 13.6. The zero-order valence-electron chi connectivity index (χ0n) is 30.0. The molecule has 15 nitrogen and oxygen atoms in total. The fraction of sp³-hybridized carbons (Fsp3) is 0.385. The summed E-state index contributed by atoms with van der Waals surface area (Å²) in [7, 11) is 0. The lowest BCUT2D eigenvalue weighted by molar-refractivity contribution is -0.136. The number of rotatable bonds is 8. The van der Waals surface area contributed by atoms with E-state index in [1.807, 2.05) is 36.2 Å². The standard InChI is InChI=1S/C39H41N9O6/c1-2-24-19-29-30(43-35(24)50)18-23(20-40-29)22-45-14-16-46(17-15-45)26-6-7-28(41-21-26)36(51)42-25-10-12-47(13-11-25)31-5-3-4-27-34(31)39(54)48(38(27)53)32-8-9-33(49)44-37(32)52/h3-7,18-21,25,32H,2,8-17,22H2,1H3,(H,42,51)(H,43,50)(H,44,49,52)/t32-/m0/s1. The fourth-order valence-corrected chi connectivity index (χ4v) is 7.93. The van der Waals surface area contributed by atoms with Crippen molar-refractivity contribution >= 4 is 51.9 Å². The van der Waals surface area contributed by atoms with Gasteiger partial charge in [-0.1, -0.05) is 13.0 Å². The van der Waals surface area contributed by atoms with E-state index in [0.29, 0.717) is 43.7 Å². The molecule has 0 bridgehead atoms. The Morgan fingerprint density at radius 1 is 0.870 bits per heavy atom. The average molecular weight is 732 g/mol. The van der Waals surface area contributed by atoms with E-state index in [1.54, 1.807) is 30.5 Å². The summed E-state index contributed by atoms with van der Waals surface area (Å²) in [5, 5.41) is 5.34. The second-order valence-electron chi connectivity index (χ2n) is 14.3. The Morgan fingerprint density at radius 2 is 1.67 bits per heavy atom. The second kappa shape index (κ2) is 14.5. The molecule has 3 fully saturated rings. The number of aromatic nitrogens is 3. The van der Waals surface area contributed by atoms with E-state index in [4.69, 9.17) is 0 Å². The molecule has 5 amide bonds. The Bertz CT molecular complexity index is 2220. The molecule has 7 heterocycles. The fourth-order valence-electron chi connectivity index (χ4n) is 7.93. The third-order valence-electron chi connectivity index (χ3n) is 10.9. The van der Waals surface area contributed by atoms with Crippen LogP contribution in [-0.4, -0.2) is 106 Å². The molecule has 3 N–H and O–H groups in total. The van der Waals surface area contributed by atoms with Crippen LogP contribution in [0.4, 0.5) is 11.4 Å². The van der Waals surface area contributed by atoms with Crippen LogP contribution in [0.15, 0.2) is 59.7 Å². The van der Waals surface area contributed by atoms with Crippen LogP contribution < -0.4 is 26.0 Å². The Morgan fingerprint density at radius 3 is 2.39 bits per heavy atom. The number of pyridine rings is 3. The van der Waals surface area contributed by atoms with Crippen LogP contribution in [0, 0.1) is 0 Å². The number of piperazine rings is 1. The van der Waals surface area contributed by atoms with Gasteiger partial charge in [0.05, 0.1) is 39.7 Å². The maximum atomic E-state index is 13.6. The van der Waals surface area contributed by atoms with Gasteiger partial charge in [-0.3, -0.25) is 48.9 Å². The number of amides is 5. The molecule has 0 unspecified atom stereocenters. The van der Waals surface area contributed by atoms with Crippen LogP contribution in [0.25, 0.3) is 11.0 Å². The Labute approximate surface area is 310 Å². The first kappa shape index (κ1) is 35.1. The predicted octanol–water partition coefficient (Wildman–Crippen LogP) is 2.00. The van der Waals surface area contributed by atoms with Crippen LogP contribution >= 0.6 is 0 Å². The highest BCUT2D eigenvalue weighted by Gasteiger charge is 2.46. The van der Waals surface area contributed by atoms with E-state index in [9.17, 15) is 28.8 Å². The zero-order chi connectivity index (χ0) is 37.5. The van der Waals surface area contributed by atoms with Crippen molar-refractivity contribution < 1.29 is 24.0 Å². The molecule has 3 aromatic heterocycles. The molecule has 0 radical (unpaired) electrons. The molecule has 3 saturated heterocycles. The van der Waals surface area contributed by atoms with Gasteiger partial charge in [-0.05, 0) is 67.6 Å². The number of anilines is 2. The smallest absolute Gasteiger partial charge is 0.270 e. The van der Waals surface area contributed by atoms with E-state index in [2.05, 4.69) is 35.4 Å². The lowest BCUT2D eigenvalue weighted by Gasteiger charge is -2.36. The van der Waals surface area contributed by atoms with E-state index in [1.165, 1.54) is 0 Å². The summed E-state index contributed by atoms with van der Waals surface area (Å²) in [4.78, 5) is 96.1. The average Bonchev–Trinajstić information content (AvgIpc) is 3.44. The van der Waals surface area contributed by atoms with Gasteiger partial charge in [-0.2, -0.15) is 0 Å². The minimum absolute atomic E-state index is 0.0611. The van der Waals surface area contributed by atoms with E-state index in [0.717, 1.165) is 65.5 Å². The Kier molecular flexibility index (Phi) is 9.40. The normalized spacial score (nSPS) is 19.7. The van der Waals surface area contributed by atoms with Crippen molar-refractivity contribution in [3.8, 4) is 0 Å². The minimum atomic E-state index is -1.02. The summed E-state index contributed by atoms with van der Waals surface area (Å²) in [6.07, 6.45) is 5.71. The van der Waals surface area contributed by atoms with Gasteiger partial charge in [0.1, 0.15) is 11.7 Å². The molecule has 4 aromatic rings. The van der Waals surface area contributed by atoms with Gasteiger partial charge in [-0.15, -0.1) is 0 Å². The van der Waals surface area contributed by atoms with Crippen molar-refractivity contribution in [2.75, 3.05) is 49.1 Å². The number of H-pyrrole nitrogens is 1. The second-order valence-corrected chi connectivity index (χ2v) is 14.3. The number of benzene rings is 1. The molecule has 278 valence electrons. The van der Waals surface area contributed by atoms with Crippen molar-refractivity contribution in [1.29, 1.82) is 0 Å². The number of carbonyl (C=O) groups is 5. The van der Waals surface area contributed by atoms with Crippen LogP contribution in [0.5, 0.6) is 0 Å². The molecule has 0 saturated carbocycles. The van der Waals surface area contributed by atoms with Crippen LogP contribution in [0.1, 0.15) is 74.9 Å². The van der Waals surface area contributed by atoms with E-state index in [-0.39, 0.29) is 41.5 Å². The summed E-state index contributed by atoms with van der Waals surface area (Å²) in [5.74, 6) is -2.37. The van der Waals surface area contributed by atoms with Gasteiger partial charge >= 0.3 is 0 Å². The molecular formula is C39H41N9O6. The number of nitrogens with one attached hydrogen (secondary N) is 3. The quantitative estimate of drug-likeness (QED) is 0.226. The topological polar surface area (TPSA) is 181 Å². The number of aryl methyl sites for hydroxylation is 1. The molecule has 4 aliphatic rings. The number of hydrogen-bond donors (Lipinski definition) is 3. The van der Waals surface area contributed by atoms with E-state index < -0.39 is 29.7 Å². The molecule has 8 rings (SSSR count). The van der Waals surface area contributed by atoms with Gasteiger partial charge in [0.25, 0.3) is 23.3 Å². The third kappa shape index (κ3) is 6.70. The monoisotopic (exact) mass is 731 g/mol. The lowest BCUT2D eigenvalue weighted by atomic mass is 10.0. The minimum Gasteiger partial charge on any atom is -0.371 e. The third-order valence-corrected chi connectivity index (χ3v) is 10.9. The summed E-state index contributed by atoms with van der Waals surface area (Å²) in [6.45, 7) is 7.10. The van der Waals surface area contributed by atoms with E-state index >= 15 is 0 Å². The predicted molar refractivity (Wildman–Crippen MR) is 199 cm³/mol. The van der Waals surface area contributed by atoms with Gasteiger partial charge in [0, 0.05) is 70.0 Å². The molecule has 0 aliphatic carbocycles. The van der Waals surface area contributed by atoms with Crippen LogP contribution in [0.2, 0.25) is 0 Å². The van der Waals surface area contributed by atoms with Crippen molar-refractivity contribution in [3.05, 3.63) is 93.2 Å². The molecule has 1 atom stereocenters. The molecule has 54 heavy (non-hydrogen) atoms. The molecule has 4 aliphatic heterocycles. The van der Waals surface area contributed by atoms with Crippen molar-refractivity contribution in [3.63, 3.8) is 0 Å². The maximum Gasteiger partial charge on any atom is 0.270 e. The highest BCUT2D eigenvalue weighted by molar-refractivity contribution is 6.25. The molecule has 15 heteroatoms. The summed E-state index contributed by atoms with van der Waals surface area (Å²) in [5.41, 5.74) is 5.70. The van der Waals surface area contributed by atoms with Crippen molar-refractivity contribution in [1.82, 2.24) is 35.4 Å². The Hall–Kier alpha value is -5.96. The number of hydrogen-bond acceptors (Lipinski definition) is 11. The van der Waals surface area contributed by atoms with Gasteiger partial charge < -0.3 is 20.1 Å². The van der Waals surface area contributed by atoms with Gasteiger partial charge in [0.2, 0.25) is 11.8 Å². The highest BCUT2D eigenvalue weighted by Crippen LogP contribution is 2.35. The van der Waals surface area contributed by atoms with Crippen LogP contribution in [0.3, 0.4) is 0 Å². The van der Waals surface area contributed by atoms with Gasteiger partial charge in [0.15, 0.2) is 0 Å². The number of imide groups is 2. The molecule has 1 aromatic carbocycles. The Balaban J connectivity index is 0.826. The van der Waals surface area contributed by atoms with Crippen LogP contribution in [-0.2, 0) is 22.6 Å². The lowest BCUT2D eigenvalue weighted by Crippen LogP contribution is -2.54. The number of piperidine rings is 2. The number of carbonyl (C=O) groups excluding carboxylic acids is 5. The first-order valence-electron chi connectivity index (χ1n) is 18.5. The number of fused-ring (bicyclic) bond motifs is 2. The van der Waals surface area contributed by atoms with Gasteiger partial charge in [-0.25, -0.2) is 4.98 Å². The molecule has 0 spiro atoms. The number of aromatic amines is 1. The zero-order valence-corrected chi connectivity index (χ0v) is 30.0. The summed E-state index contributed by atoms with van der Waals surface area (Å²) in [6, 6.07) is 11.6. The summed E-state index contributed by atoms with van der Waals surface area (Å²) >= 11 is 0. The first-order chi connectivity index (χ1) is 26.2. The first-order valence-corrected chi connectivity index (χ1v) is 18.5. The summed E-state index contributed by atoms with van der Waals surface area (Å²) < 4.78 is 0.